The number of hydrogen-bond acceptors (Lipinski definition) is 1. The van der Waals surface area contributed by atoms with Crippen molar-refractivity contribution in [2.45, 2.75) is 129 Å². The fraction of sp³-hybridized carbons (Fsp3) is 0.477. The molecule has 49 heavy (non-hydrogen) atoms. The first-order valence-corrected chi connectivity index (χ1v) is 18.6. The molecule has 4 heterocycles. The maximum Gasteiger partial charge on any atom is 0.230 e. The van der Waals surface area contributed by atoms with Crippen LogP contribution in [0.25, 0.3) is 33.4 Å². The van der Waals surface area contributed by atoms with Crippen molar-refractivity contribution in [1.82, 2.24) is 9.78 Å². The predicted octanol–water partition coefficient (Wildman–Crippen LogP) is 9.78. The van der Waals surface area contributed by atoms with Gasteiger partial charge < -0.3 is 0 Å². The van der Waals surface area contributed by atoms with Crippen molar-refractivity contribution in [2.75, 3.05) is 0 Å². The van der Waals surface area contributed by atoms with E-state index in [-0.39, 0.29) is 22.2 Å². The fourth-order valence-corrected chi connectivity index (χ4v) is 9.58. The highest BCUT2D eigenvalue weighted by Gasteiger charge is 2.61. The van der Waals surface area contributed by atoms with E-state index >= 15 is 4.39 Å². The predicted molar refractivity (Wildman–Crippen MR) is 198 cm³/mol. The van der Waals surface area contributed by atoms with Gasteiger partial charge in [-0.3, -0.25) is 4.68 Å². The fourth-order valence-electron chi connectivity index (χ4n) is 9.58. The first-order valence-electron chi connectivity index (χ1n) is 18.6. The molecule has 0 saturated carbocycles. The molecule has 2 atom stereocenters. The molecule has 0 bridgehead atoms. The Balaban J connectivity index is 1.44. The van der Waals surface area contributed by atoms with Crippen molar-refractivity contribution in [3.8, 4) is 22.6 Å². The summed E-state index contributed by atoms with van der Waals surface area (Å²) >= 11 is 0. The van der Waals surface area contributed by atoms with Crippen molar-refractivity contribution in [2.24, 2.45) is 7.05 Å². The van der Waals surface area contributed by atoms with E-state index < -0.39 is 5.41 Å². The lowest BCUT2D eigenvalue weighted by Crippen LogP contribution is -2.69. The van der Waals surface area contributed by atoms with Crippen LogP contribution < -0.4 is 9.13 Å². The average Bonchev–Trinajstić information content (AvgIpc) is 3.48. The molecule has 7 rings (SSSR count). The van der Waals surface area contributed by atoms with Crippen molar-refractivity contribution in [3.05, 3.63) is 101 Å². The van der Waals surface area contributed by atoms with E-state index in [9.17, 15) is 0 Å². The molecule has 5 aromatic rings. The highest BCUT2D eigenvalue weighted by molar-refractivity contribution is 6.01. The standard InChI is InChI=1S/C44H55FN4/c1-11-14-17-29-26-30-21-24-49-40-37(30)32(27-29)42(7,8)39-33(45)20-19-31(38(39)40)44(13-3,43(49,9)12-2)22-25-48-23-16-15-18-34(48)35-28-36(41(4,5)6)46-47(35)10/h15-16,18-21,23-24,26-28H,11-14,17,22,25H2,1-10H3/q+2. The van der Waals surface area contributed by atoms with Gasteiger partial charge in [0.05, 0.1) is 22.1 Å². The van der Waals surface area contributed by atoms with Crippen LogP contribution in [-0.4, -0.2) is 9.78 Å². The van der Waals surface area contributed by atoms with E-state index in [0.717, 1.165) is 73.3 Å². The molecule has 2 aliphatic rings. The number of nitrogens with zero attached hydrogens (tertiary/aromatic N) is 4. The zero-order valence-corrected chi connectivity index (χ0v) is 31.5. The Morgan fingerprint density at radius 1 is 0.898 bits per heavy atom. The zero-order valence-electron chi connectivity index (χ0n) is 31.5. The summed E-state index contributed by atoms with van der Waals surface area (Å²) in [4.78, 5) is 0. The number of aromatic nitrogens is 4. The summed E-state index contributed by atoms with van der Waals surface area (Å²) < 4.78 is 23.5. The van der Waals surface area contributed by atoms with Crippen molar-refractivity contribution in [1.29, 1.82) is 0 Å². The minimum Gasteiger partial charge on any atom is -0.262 e. The van der Waals surface area contributed by atoms with E-state index in [0.29, 0.717) is 0 Å². The van der Waals surface area contributed by atoms with Crippen LogP contribution in [0.5, 0.6) is 0 Å². The molecule has 5 heteroatoms. The summed E-state index contributed by atoms with van der Waals surface area (Å²) in [5.41, 5.74) is 9.56. The van der Waals surface area contributed by atoms with Gasteiger partial charge in [0, 0.05) is 61.4 Å². The topological polar surface area (TPSA) is 25.6 Å². The van der Waals surface area contributed by atoms with Gasteiger partial charge in [0.15, 0.2) is 17.9 Å². The molecule has 0 amide bonds. The molecule has 0 spiro atoms. The van der Waals surface area contributed by atoms with Crippen LogP contribution in [0.15, 0.2) is 67.0 Å². The highest BCUT2D eigenvalue weighted by Crippen LogP contribution is 2.59. The number of benzene rings is 2. The second kappa shape index (κ2) is 11.6. The molecule has 1 aliphatic carbocycles. The van der Waals surface area contributed by atoms with Gasteiger partial charge in [-0.2, -0.15) is 14.2 Å². The number of hydrogen-bond donors (Lipinski definition) is 0. The number of rotatable bonds is 9. The summed E-state index contributed by atoms with van der Waals surface area (Å²) in [5.74, 6) is -0.0902. The van der Waals surface area contributed by atoms with E-state index in [1.807, 2.05) is 4.68 Å². The van der Waals surface area contributed by atoms with Gasteiger partial charge in [-0.05, 0) is 59.5 Å². The minimum absolute atomic E-state index is 0.0336. The summed E-state index contributed by atoms with van der Waals surface area (Å²) in [6, 6.07) is 19.8. The lowest BCUT2D eigenvalue weighted by atomic mass is 9.55. The van der Waals surface area contributed by atoms with Gasteiger partial charge >= 0.3 is 0 Å². The van der Waals surface area contributed by atoms with Crippen molar-refractivity contribution < 1.29 is 13.5 Å². The number of halogens is 1. The largest absolute Gasteiger partial charge is 0.262 e. The van der Waals surface area contributed by atoms with Crippen LogP contribution in [0, 0.1) is 5.82 Å². The van der Waals surface area contributed by atoms with Crippen LogP contribution in [0.4, 0.5) is 4.39 Å². The maximum atomic E-state index is 16.5. The van der Waals surface area contributed by atoms with Gasteiger partial charge in [-0.25, -0.2) is 4.39 Å². The molecule has 2 aromatic carbocycles. The van der Waals surface area contributed by atoms with Gasteiger partial charge in [0.25, 0.3) is 0 Å². The average molecular weight is 659 g/mol. The number of pyridine rings is 2. The molecule has 1 aliphatic heterocycles. The summed E-state index contributed by atoms with van der Waals surface area (Å²) in [6.45, 7) is 21.4. The second-order valence-corrected chi connectivity index (χ2v) is 16.6. The SMILES string of the molecule is CCCCc1cc2c3c4[n+](ccc3c1)C(C)(CC)C(CC)(CC[n+]1ccccc1-c1cc(C(C)(C)C)nn1C)c1ccc(F)c(c1-4)C2(C)C. The van der Waals surface area contributed by atoms with Crippen molar-refractivity contribution in [3.63, 3.8) is 0 Å². The minimum atomic E-state index is -0.465. The molecule has 256 valence electrons. The van der Waals surface area contributed by atoms with Gasteiger partial charge in [-0.15, -0.1) is 0 Å². The third kappa shape index (κ3) is 4.77. The molecule has 3 aromatic heterocycles. The van der Waals surface area contributed by atoms with Crippen LogP contribution >= 0.6 is 0 Å². The number of aryl methyl sites for hydroxylation is 3. The summed E-state index contributed by atoms with van der Waals surface area (Å²) in [5, 5.41) is 7.50. The first-order chi connectivity index (χ1) is 23.2. The molecule has 4 nitrogen and oxygen atoms in total. The lowest BCUT2D eigenvalue weighted by Gasteiger charge is -2.50. The molecule has 0 N–H and O–H groups in total. The highest BCUT2D eigenvalue weighted by atomic mass is 19.1. The van der Waals surface area contributed by atoms with Gasteiger partial charge in [0.1, 0.15) is 18.1 Å². The van der Waals surface area contributed by atoms with Crippen LogP contribution in [0.1, 0.15) is 122 Å². The Labute approximate surface area is 293 Å². The van der Waals surface area contributed by atoms with Crippen molar-refractivity contribution >= 4 is 10.8 Å². The summed E-state index contributed by atoms with van der Waals surface area (Å²) in [6.07, 6.45) is 10.8. The Kier molecular flexibility index (Phi) is 7.96. The normalized spacial score (nSPS) is 20.6. The lowest BCUT2D eigenvalue weighted by molar-refractivity contribution is -0.767. The van der Waals surface area contributed by atoms with E-state index in [1.165, 1.54) is 33.2 Å². The molecule has 2 unspecified atom stereocenters. The van der Waals surface area contributed by atoms with Gasteiger partial charge in [0.2, 0.25) is 11.4 Å². The first kappa shape index (κ1) is 33.6. The molecule has 0 fully saturated rings. The zero-order chi connectivity index (χ0) is 35.1. The Hall–Kier alpha value is -3.86. The third-order valence-corrected chi connectivity index (χ3v) is 12.6. The second-order valence-electron chi connectivity index (χ2n) is 16.6. The van der Waals surface area contributed by atoms with E-state index in [2.05, 4.69) is 139 Å². The molecule has 0 saturated heterocycles. The van der Waals surface area contributed by atoms with Crippen LogP contribution in [-0.2, 0) is 41.8 Å². The molecular weight excluding hydrogens is 604 g/mol. The summed E-state index contributed by atoms with van der Waals surface area (Å²) in [7, 11) is 2.05. The Morgan fingerprint density at radius 3 is 2.35 bits per heavy atom. The van der Waals surface area contributed by atoms with E-state index in [4.69, 9.17) is 5.10 Å². The molecular formula is C44H55FN4+2. The maximum absolute atomic E-state index is 16.5. The van der Waals surface area contributed by atoms with Crippen LogP contribution in [0.3, 0.4) is 0 Å². The third-order valence-electron chi connectivity index (χ3n) is 12.6. The smallest absolute Gasteiger partial charge is 0.230 e. The molecule has 0 radical (unpaired) electrons. The van der Waals surface area contributed by atoms with E-state index in [1.54, 1.807) is 6.07 Å². The Bertz CT molecular complexity index is 2100. The monoisotopic (exact) mass is 658 g/mol. The number of unbranched alkanes of at least 4 members (excludes halogenated alkanes) is 1. The quantitative estimate of drug-likeness (QED) is 0.145. The van der Waals surface area contributed by atoms with Crippen LogP contribution in [0.2, 0.25) is 0 Å². The Morgan fingerprint density at radius 2 is 1.67 bits per heavy atom. The van der Waals surface area contributed by atoms with Gasteiger partial charge in [-0.1, -0.05) is 80.0 Å².